The Balaban J connectivity index is 1.54. The van der Waals surface area contributed by atoms with Crippen LogP contribution in [0.3, 0.4) is 0 Å². The smallest absolute Gasteiger partial charge is 0.225 e. The second-order valence-electron chi connectivity index (χ2n) is 9.23. The van der Waals surface area contributed by atoms with E-state index in [9.17, 15) is 9.90 Å². The number of aliphatic hydroxyl groups is 1. The van der Waals surface area contributed by atoms with Crippen molar-refractivity contribution in [3.05, 3.63) is 33.4 Å². The van der Waals surface area contributed by atoms with Gasteiger partial charge < -0.3 is 21.5 Å². The molecule has 2 heterocycles. The molecule has 1 aromatic carbocycles. The van der Waals surface area contributed by atoms with Crippen LogP contribution in [0.2, 0.25) is 15.1 Å². The zero-order chi connectivity index (χ0) is 24.7. The summed E-state index contributed by atoms with van der Waals surface area (Å²) in [7, 11) is 0. The molecule has 2 saturated carbocycles. The van der Waals surface area contributed by atoms with Crippen LogP contribution in [0.15, 0.2) is 18.3 Å². The summed E-state index contributed by atoms with van der Waals surface area (Å²) in [5, 5.41) is 17.9. The monoisotopic (exact) mass is 537 g/mol. The normalized spacial score (nSPS) is 24.6. The molecule has 0 saturated heterocycles. The van der Waals surface area contributed by atoms with Gasteiger partial charge in [0.2, 0.25) is 17.8 Å². The Bertz CT molecular complexity index is 1240. The van der Waals surface area contributed by atoms with E-state index < -0.39 is 6.10 Å². The molecule has 35 heavy (non-hydrogen) atoms. The molecule has 5 rings (SSSR count). The molecular formula is C23H26Cl3N7O2. The Kier molecular flexibility index (Phi) is 6.94. The molecule has 2 aliphatic carbocycles. The van der Waals surface area contributed by atoms with E-state index in [-0.39, 0.29) is 23.9 Å². The van der Waals surface area contributed by atoms with E-state index in [4.69, 9.17) is 50.5 Å². The van der Waals surface area contributed by atoms with Crippen molar-refractivity contribution in [1.82, 2.24) is 19.5 Å². The number of nitrogens with two attached hydrogens (primary N) is 1. The highest BCUT2D eigenvalue weighted by Gasteiger charge is 2.30. The van der Waals surface area contributed by atoms with Gasteiger partial charge in [-0.2, -0.15) is 4.98 Å². The first-order chi connectivity index (χ1) is 16.8. The number of nitrogens with zero attached hydrogens (tertiary/aromatic N) is 4. The molecule has 1 amide bonds. The number of anilines is 3. The average molecular weight is 539 g/mol. The first-order valence-corrected chi connectivity index (χ1v) is 12.8. The van der Waals surface area contributed by atoms with E-state index >= 15 is 0 Å². The fraction of sp³-hybridized carbons (Fsp3) is 0.478. The summed E-state index contributed by atoms with van der Waals surface area (Å²) in [6, 6.07) is 3.16. The predicted octanol–water partition coefficient (Wildman–Crippen LogP) is 5.07. The molecule has 2 aromatic heterocycles. The molecular weight excluding hydrogens is 513 g/mol. The second kappa shape index (κ2) is 9.97. The fourth-order valence-electron chi connectivity index (χ4n) is 5.06. The number of primary amides is 1. The van der Waals surface area contributed by atoms with Crippen LogP contribution < -0.4 is 16.4 Å². The van der Waals surface area contributed by atoms with E-state index in [0.717, 1.165) is 32.1 Å². The first-order valence-electron chi connectivity index (χ1n) is 11.7. The van der Waals surface area contributed by atoms with Gasteiger partial charge in [0.15, 0.2) is 5.65 Å². The largest absolute Gasteiger partial charge is 0.391 e. The summed E-state index contributed by atoms with van der Waals surface area (Å²) in [6.45, 7) is 0. The van der Waals surface area contributed by atoms with Crippen molar-refractivity contribution in [2.45, 2.75) is 63.1 Å². The van der Waals surface area contributed by atoms with Gasteiger partial charge in [-0.25, -0.2) is 9.97 Å². The predicted molar refractivity (Wildman–Crippen MR) is 138 cm³/mol. The molecule has 3 aromatic rings. The lowest BCUT2D eigenvalue weighted by Crippen LogP contribution is -2.29. The van der Waals surface area contributed by atoms with Gasteiger partial charge >= 0.3 is 0 Å². The molecule has 0 radical (unpaired) electrons. The molecule has 2 fully saturated rings. The lowest BCUT2D eigenvalue weighted by Gasteiger charge is -2.29. The number of aromatic nitrogens is 4. The number of hydrogen-bond acceptors (Lipinski definition) is 7. The quantitative estimate of drug-likeness (QED) is 0.344. The standard InChI is InChI=1S/C23H26Cl3N7O2/c24-12-8-14(25)19(15(26)9-12)31-23-30-17-10-28-22(29-16-2-1-3-18(16)34)32-21(17)33(23)13-6-4-11(5-7-13)20(27)35/h8-11,13,16,18,34H,1-7H2,(H2,27,35)(H,30,31)(H,28,29,32)/t11?,13?,16-,18-/m1/s1. The molecule has 12 heteroatoms. The summed E-state index contributed by atoms with van der Waals surface area (Å²) in [5.41, 5.74) is 7.28. The van der Waals surface area contributed by atoms with Crippen LogP contribution in [0.5, 0.6) is 0 Å². The Hall–Kier alpha value is -2.33. The number of carbonyl (C=O) groups is 1. The average Bonchev–Trinajstić information content (AvgIpc) is 3.38. The van der Waals surface area contributed by atoms with Crippen LogP contribution in [-0.4, -0.2) is 42.7 Å². The number of aliphatic hydroxyl groups excluding tert-OH is 1. The number of benzene rings is 1. The van der Waals surface area contributed by atoms with Crippen molar-refractivity contribution >= 4 is 69.5 Å². The van der Waals surface area contributed by atoms with E-state index in [2.05, 4.69) is 15.6 Å². The summed E-state index contributed by atoms with van der Waals surface area (Å²) in [5.74, 6) is 0.555. The van der Waals surface area contributed by atoms with Crippen LogP contribution in [0.4, 0.5) is 17.6 Å². The summed E-state index contributed by atoms with van der Waals surface area (Å²) < 4.78 is 2.02. The highest BCUT2D eigenvalue weighted by atomic mass is 35.5. The van der Waals surface area contributed by atoms with Gasteiger partial charge in [-0.05, 0) is 57.1 Å². The number of carbonyl (C=O) groups excluding carboxylic acids is 1. The lowest BCUT2D eigenvalue weighted by molar-refractivity contribution is -0.122. The van der Waals surface area contributed by atoms with Crippen molar-refractivity contribution in [2.75, 3.05) is 10.6 Å². The molecule has 2 aliphatic rings. The highest BCUT2D eigenvalue weighted by molar-refractivity contribution is 6.41. The second-order valence-corrected chi connectivity index (χ2v) is 10.5. The Morgan fingerprint density at radius 1 is 1.06 bits per heavy atom. The number of amides is 1. The van der Waals surface area contributed by atoms with Gasteiger partial charge in [-0.15, -0.1) is 0 Å². The van der Waals surface area contributed by atoms with E-state index in [1.165, 1.54) is 0 Å². The fourth-order valence-corrected chi connectivity index (χ4v) is 5.97. The van der Waals surface area contributed by atoms with Crippen molar-refractivity contribution in [3.8, 4) is 0 Å². The van der Waals surface area contributed by atoms with E-state index in [0.29, 0.717) is 56.7 Å². The molecule has 0 bridgehead atoms. The third-order valence-electron chi connectivity index (χ3n) is 6.93. The van der Waals surface area contributed by atoms with Crippen LogP contribution in [-0.2, 0) is 4.79 Å². The molecule has 9 nitrogen and oxygen atoms in total. The van der Waals surface area contributed by atoms with Crippen molar-refractivity contribution < 1.29 is 9.90 Å². The van der Waals surface area contributed by atoms with Crippen LogP contribution >= 0.6 is 34.8 Å². The zero-order valence-electron chi connectivity index (χ0n) is 18.8. The number of halogens is 3. The van der Waals surface area contributed by atoms with Gasteiger partial charge in [0.05, 0.1) is 34.1 Å². The van der Waals surface area contributed by atoms with Crippen molar-refractivity contribution in [2.24, 2.45) is 11.7 Å². The summed E-state index contributed by atoms with van der Waals surface area (Å²) in [4.78, 5) is 25.6. The first kappa shape index (κ1) is 24.4. The van der Waals surface area contributed by atoms with Gasteiger partial charge in [0, 0.05) is 17.0 Å². The van der Waals surface area contributed by atoms with E-state index in [1.54, 1.807) is 18.3 Å². The third-order valence-corrected chi connectivity index (χ3v) is 7.75. The lowest BCUT2D eigenvalue weighted by atomic mass is 9.85. The van der Waals surface area contributed by atoms with Crippen LogP contribution in [0.25, 0.3) is 11.2 Å². The maximum atomic E-state index is 11.7. The minimum absolute atomic E-state index is 0.0303. The van der Waals surface area contributed by atoms with Crippen LogP contribution in [0, 0.1) is 5.92 Å². The number of nitrogens with one attached hydrogen (secondary N) is 2. The maximum Gasteiger partial charge on any atom is 0.225 e. The number of rotatable bonds is 6. The van der Waals surface area contributed by atoms with Crippen molar-refractivity contribution in [1.29, 1.82) is 0 Å². The molecule has 0 aliphatic heterocycles. The molecule has 0 unspecified atom stereocenters. The summed E-state index contributed by atoms with van der Waals surface area (Å²) in [6.07, 6.45) is 6.67. The number of hydrogen-bond donors (Lipinski definition) is 4. The molecule has 2 atom stereocenters. The Morgan fingerprint density at radius 3 is 2.40 bits per heavy atom. The zero-order valence-corrected chi connectivity index (χ0v) is 21.1. The SMILES string of the molecule is NC(=O)C1CCC(n2c(Nc3c(Cl)cc(Cl)cc3Cl)nc3cnc(N[C@@H]4CCC[C@H]4O)nc32)CC1. The highest BCUT2D eigenvalue weighted by Crippen LogP contribution is 2.40. The summed E-state index contributed by atoms with van der Waals surface area (Å²) >= 11 is 18.9. The van der Waals surface area contributed by atoms with Gasteiger partial charge in [-0.1, -0.05) is 34.8 Å². The van der Waals surface area contributed by atoms with Gasteiger partial charge in [-0.3, -0.25) is 9.36 Å². The minimum Gasteiger partial charge on any atom is -0.391 e. The number of fused-ring (bicyclic) bond motifs is 1. The van der Waals surface area contributed by atoms with E-state index in [1.807, 2.05) is 4.57 Å². The van der Waals surface area contributed by atoms with Gasteiger partial charge in [0.1, 0.15) is 5.52 Å². The third kappa shape index (κ3) is 5.00. The van der Waals surface area contributed by atoms with Gasteiger partial charge in [0.25, 0.3) is 0 Å². The maximum absolute atomic E-state index is 11.7. The minimum atomic E-state index is -0.422. The topological polar surface area (TPSA) is 131 Å². The van der Waals surface area contributed by atoms with Crippen LogP contribution in [0.1, 0.15) is 51.0 Å². The Labute approximate surface area is 217 Å². The molecule has 0 spiro atoms. The molecule has 186 valence electrons. The molecule has 5 N–H and O–H groups in total. The Morgan fingerprint density at radius 2 is 1.77 bits per heavy atom. The van der Waals surface area contributed by atoms with Crippen molar-refractivity contribution in [3.63, 3.8) is 0 Å². The number of imidazole rings is 1.